The number of hydrogen-bond acceptors (Lipinski definition) is 9. The molecule has 1 aromatic carbocycles. The molecule has 0 atom stereocenters. The Morgan fingerprint density at radius 1 is 1.12 bits per heavy atom. The maximum atomic E-state index is 13.1. The molecule has 0 fully saturated rings. The third-order valence-corrected chi connectivity index (χ3v) is 5.85. The molecule has 0 radical (unpaired) electrons. The Labute approximate surface area is 226 Å². The third kappa shape index (κ3) is 4.99. The van der Waals surface area contributed by atoms with Crippen molar-refractivity contribution in [3.63, 3.8) is 0 Å². The molecule has 0 aliphatic heterocycles. The van der Waals surface area contributed by atoms with Crippen molar-refractivity contribution in [3.8, 4) is 23.5 Å². The van der Waals surface area contributed by atoms with Crippen molar-refractivity contribution in [1.29, 1.82) is 5.26 Å². The molecule has 0 spiro atoms. The number of pyridine rings is 1. The van der Waals surface area contributed by atoms with Crippen molar-refractivity contribution in [3.05, 3.63) is 71.4 Å². The van der Waals surface area contributed by atoms with Gasteiger partial charge in [-0.05, 0) is 56.3 Å². The van der Waals surface area contributed by atoms with Crippen LogP contribution >= 0.6 is 0 Å². The first-order chi connectivity index (χ1) is 19.1. The van der Waals surface area contributed by atoms with Gasteiger partial charge < -0.3 is 15.0 Å². The Kier molecular flexibility index (Phi) is 6.78. The SMILES string of the molecule is Cc1cc(C(=O)N(C)C)c(Nc2ccc3c(c2)ncn3-c2ccc(OC(F)F)c(-n3nc(C#N)cc3C)n2)nn1. The van der Waals surface area contributed by atoms with Gasteiger partial charge in [-0.15, -0.1) is 5.10 Å². The first-order valence-electron chi connectivity index (χ1n) is 11.9. The molecule has 40 heavy (non-hydrogen) atoms. The number of nitriles is 1. The van der Waals surface area contributed by atoms with Crippen LogP contribution in [0.3, 0.4) is 0 Å². The fourth-order valence-corrected chi connectivity index (χ4v) is 4.04. The number of hydrogen-bond donors (Lipinski definition) is 1. The average molecular weight is 545 g/mol. The molecule has 0 bridgehead atoms. The number of ether oxygens (including phenoxy) is 1. The molecule has 0 aliphatic carbocycles. The van der Waals surface area contributed by atoms with Gasteiger partial charge in [0.2, 0.25) is 0 Å². The van der Waals surface area contributed by atoms with Crippen molar-refractivity contribution < 1.29 is 18.3 Å². The summed E-state index contributed by atoms with van der Waals surface area (Å²) >= 11 is 0. The van der Waals surface area contributed by atoms with E-state index in [4.69, 9.17) is 0 Å². The summed E-state index contributed by atoms with van der Waals surface area (Å²) < 4.78 is 33.8. The molecule has 12 nitrogen and oxygen atoms in total. The second-order valence-electron chi connectivity index (χ2n) is 8.95. The zero-order chi connectivity index (χ0) is 28.6. The van der Waals surface area contributed by atoms with Crippen molar-refractivity contribution >= 4 is 28.4 Å². The first-order valence-corrected chi connectivity index (χ1v) is 11.9. The molecular formula is C26H22F2N10O2. The number of carbonyl (C=O) groups excluding carboxylic acids is 1. The number of amides is 1. The van der Waals surface area contributed by atoms with Crippen LogP contribution in [0.25, 0.3) is 22.7 Å². The van der Waals surface area contributed by atoms with Gasteiger partial charge in [0.05, 0.1) is 22.3 Å². The molecular weight excluding hydrogens is 522 g/mol. The third-order valence-electron chi connectivity index (χ3n) is 5.85. The van der Waals surface area contributed by atoms with E-state index in [1.54, 1.807) is 56.8 Å². The fourth-order valence-electron chi connectivity index (χ4n) is 4.04. The normalized spacial score (nSPS) is 11.1. The number of imidazole rings is 1. The number of aryl methyl sites for hydroxylation is 2. The summed E-state index contributed by atoms with van der Waals surface area (Å²) in [6.45, 7) is 0.346. The summed E-state index contributed by atoms with van der Waals surface area (Å²) in [4.78, 5) is 23.1. The molecule has 5 rings (SSSR count). The van der Waals surface area contributed by atoms with Gasteiger partial charge in [-0.3, -0.25) is 9.36 Å². The van der Waals surface area contributed by atoms with E-state index in [2.05, 4.69) is 35.3 Å². The molecule has 202 valence electrons. The van der Waals surface area contributed by atoms with Gasteiger partial charge in [-0.2, -0.15) is 24.2 Å². The topological polar surface area (TPSA) is 140 Å². The monoisotopic (exact) mass is 544 g/mol. The Hall–Kier alpha value is -5.45. The molecule has 0 saturated carbocycles. The molecule has 1 amide bonds. The van der Waals surface area contributed by atoms with Gasteiger partial charge in [-0.25, -0.2) is 14.6 Å². The number of aromatic nitrogens is 7. The summed E-state index contributed by atoms with van der Waals surface area (Å²) in [5.74, 6) is 0.230. The second-order valence-corrected chi connectivity index (χ2v) is 8.95. The Bertz CT molecular complexity index is 1790. The predicted octanol–water partition coefficient (Wildman–Crippen LogP) is 3.93. The van der Waals surface area contributed by atoms with Crippen LogP contribution in [0, 0.1) is 25.2 Å². The van der Waals surface area contributed by atoms with E-state index in [0.29, 0.717) is 45.3 Å². The Morgan fingerprint density at radius 3 is 2.62 bits per heavy atom. The first kappa shape index (κ1) is 26.2. The summed E-state index contributed by atoms with van der Waals surface area (Å²) in [6, 6.07) is 13.3. The number of carbonyl (C=O) groups is 1. The molecule has 4 heterocycles. The number of nitrogens with one attached hydrogen (secondary N) is 1. The number of alkyl halides is 2. The summed E-state index contributed by atoms with van der Waals surface area (Å²) in [5.41, 5.74) is 3.47. The van der Waals surface area contributed by atoms with Crippen molar-refractivity contribution in [1.82, 2.24) is 39.4 Å². The second kappa shape index (κ2) is 10.4. The largest absolute Gasteiger partial charge is 0.431 e. The van der Waals surface area contributed by atoms with E-state index in [0.717, 1.165) is 0 Å². The van der Waals surface area contributed by atoms with E-state index in [1.165, 1.54) is 34.1 Å². The highest BCUT2D eigenvalue weighted by atomic mass is 19.3. The quantitative estimate of drug-likeness (QED) is 0.323. The minimum absolute atomic E-state index is 0.00651. The number of fused-ring (bicyclic) bond motifs is 1. The van der Waals surface area contributed by atoms with Crippen molar-refractivity contribution in [2.45, 2.75) is 20.5 Å². The predicted molar refractivity (Wildman–Crippen MR) is 140 cm³/mol. The zero-order valence-electron chi connectivity index (χ0n) is 21.8. The van der Waals surface area contributed by atoms with Crippen LogP contribution < -0.4 is 10.1 Å². The highest BCUT2D eigenvalue weighted by molar-refractivity contribution is 5.99. The maximum absolute atomic E-state index is 13.1. The van der Waals surface area contributed by atoms with Gasteiger partial charge in [-0.1, -0.05) is 0 Å². The molecule has 5 aromatic rings. The molecule has 4 aromatic heterocycles. The van der Waals surface area contributed by atoms with Crippen LogP contribution in [-0.4, -0.2) is 66.0 Å². The lowest BCUT2D eigenvalue weighted by Gasteiger charge is -2.15. The van der Waals surface area contributed by atoms with E-state index in [9.17, 15) is 18.8 Å². The zero-order valence-corrected chi connectivity index (χ0v) is 21.8. The van der Waals surface area contributed by atoms with Crippen LogP contribution in [0.4, 0.5) is 20.3 Å². The average Bonchev–Trinajstić information content (AvgIpc) is 3.52. The standard InChI is InChI=1S/C26H22F2N10O2/c1-14-9-18(25(39)36(3)4)23(34-33-14)31-16-5-6-20-19(11-16)30-13-37(20)22-8-7-21(40-26(27)28)24(32-22)38-15(2)10-17(12-29)35-38/h5-11,13,26H,1-4H3,(H,31,34). The minimum atomic E-state index is -3.08. The van der Waals surface area contributed by atoms with Gasteiger partial charge in [0, 0.05) is 25.5 Å². The highest BCUT2D eigenvalue weighted by Gasteiger charge is 2.19. The molecule has 1 N–H and O–H groups in total. The lowest BCUT2D eigenvalue weighted by Crippen LogP contribution is -2.23. The fraction of sp³-hybridized carbons (Fsp3) is 0.192. The molecule has 0 saturated heterocycles. The molecule has 0 aliphatic rings. The van der Waals surface area contributed by atoms with Gasteiger partial charge >= 0.3 is 6.61 Å². The number of halogens is 2. The molecule has 0 unspecified atom stereocenters. The van der Waals surface area contributed by atoms with E-state index >= 15 is 0 Å². The van der Waals surface area contributed by atoms with Crippen LogP contribution in [0.15, 0.2) is 48.8 Å². The maximum Gasteiger partial charge on any atom is 0.387 e. The van der Waals surface area contributed by atoms with Crippen molar-refractivity contribution in [2.75, 3.05) is 19.4 Å². The smallest absolute Gasteiger partial charge is 0.387 e. The van der Waals surface area contributed by atoms with Crippen LogP contribution in [0.2, 0.25) is 0 Å². The summed E-state index contributed by atoms with van der Waals surface area (Å²) in [5, 5.41) is 24.7. The van der Waals surface area contributed by atoms with E-state index in [1.807, 2.05) is 6.07 Å². The van der Waals surface area contributed by atoms with Gasteiger partial charge in [0.1, 0.15) is 18.2 Å². The van der Waals surface area contributed by atoms with Gasteiger partial charge in [0.25, 0.3) is 5.91 Å². The lowest BCUT2D eigenvalue weighted by molar-refractivity contribution is -0.0501. The number of anilines is 2. The summed E-state index contributed by atoms with van der Waals surface area (Å²) in [6.07, 6.45) is 1.54. The molecule has 14 heteroatoms. The summed E-state index contributed by atoms with van der Waals surface area (Å²) in [7, 11) is 3.31. The lowest BCUT2D eigenvalue weighted by atomic mass is 10.2. The van der Waals surface area contributed by atoms with E-state index in [-0.39, 0.29) is 23.2 Å². The number of rotatable bonds is 7. The number of benzene rings is 1. The Morgan fingerprint density at radius 2 is 1.93 bits per heavy atom. The number of nitrogens with zero attached hydrogens (tertiary/aromatic N) is 9. The van der Waals surface area contributed by atoms with Crippen molar-refractivity contribution in [2.24, 2.45) is 0 Å². The minimum Gasteiger partial charge on any atom is -0.431 e. The van der Waals surface area contributed by atoms with Gasteiger partial charge in [0.15, 0.2) is 23.1 Å². The van der Waals surface area contributed by atoms with Crippen LogP contribution in [0.1, 0.15) is 27.4 Å². The van der Waals surface area contributed by atoms with Crippen LogP contribution in [0.5, 0.6) is 5.75 Å². The Balaban J connectivity index is 1.53. The highest BCUT2D eigenvalue weighted by Crippen LogP contribution is 2.28. The van der Waals surface area contributed by atoms with E-state index < -0.39 is 6.61 Å². The van der Waals surface area contributed by atoms with Crippen LogP contribution in [-0.2, 0) is 0 Å².